The van der Waals surface area contributed by atoms with E-state index in [4.69, 9.17) is 25.8 Å². The Labute approximate surface area is 168 Å². The number of halogens is 4. The Morgan fingerprint density at radius 3 is 2.59 bits per heavy atom. The third-order valence-electron chi connectivity index (χ3n) is 4.01. The van der Waals surface area contributed by atoms with Gasteiger partial charge in [0.05, 0.1) is 12.2 Å². The summed E-state index contributed by atoms with van der Waals surface area (Å²) in [5, 5.41) is 2.72. The smallest absolute Gasteiger partial charge is 0.416 e. The van der Waals surface area contributed by atoms with Crippen LogP contribution in [0.25, 0.3) is 0 Å². The predicted octanol–water partition coefficient (Wildman–Crippen LogP) is 3.70. The standard InChI is InChI=1S/C19H15ClF3NO5/c20-15-5-12-8-27-10-29-17(12)13(6-15)9-28-16(25)7-24-18(26)11-1-3-14(4-2-11)19(21,22)23/h1-6H,7-10H2,(H,24,26). The van der Waals surface area contributed by atoms with Crippen LogP contribution in [-0.2, 0) is 33.7 Å². The maximum absolute atomic E-state index is 12.5. The van der Waals surface area contributed by atoms with E-state index in [-0.39, 0.29) is 19.0 Å². The minimum absolute atomic E-state index is 0.0110. The molecule has 0 unspecified atom stereocenters. The van der Waals surface area contributed by atoms with Crippen LogP contribution >= 0.6 is 11.6 Å². The number of nitrogens with one attached hydrogen (secondary N) is 1. The number of amides is 1. The summed E-state index contributed by atoms with van der Waals surface area (Å²) in [5.41, 5.74) is 0.401. The van der Waals surface area contributed by atoms with Gasteiger partial charge in [-0.25, -0.2) is 0 Å². The van der Waals surface area contributed by atoms with Gasteiger partial charge in [0.15, 0.2) is 6.79 Å². The monoisotopic (exact) mass is 429 g/mol. The number of alkyl halides is 3. The zero-order chi connectivity index (χ0) is 21.0. The summed E-state index contributed by atoms with van der Waals surface area (Å²) in [6.07, 6.45) is -4.49. The van der Waals surface area contributed by atoms with Crippen LogP contribution in [0.15, 0.2) is 36.4 Å². The quantitative estimate of drug-likeness (QED) is 0.734. The Bertz CT molecular complexity index is 915. The molecule has 1 heterocycles. The molecule has 0 saturated carbocycles. The summed E-state index contributed by atoms with van der Waals surface area (Å²) >= 11 is 6.03. The zero-order valence-electron chi connectivity index (χ0n) is 14.8. The summed E-state index contributed by atoms with van der Waals surface area (Å²) < 4.78 is 53.3. The molecular weight excluding hydrogens is 415 g/mol. The molecule has 6 nitrogen and oxygen atoms in total. The molecule has 1 aliphatic rings. The van der Waals surface area contributed by atoms with Crippen molar-refractivity contribution in [2.75, 3.05) is 13.3 Å². The van der Waals surface area contributed by atoms with Gasteiger partial charge in [0, 0.05) is 21.7 Å². The number of rotatable bonds is 5. The van der Waals surface area contributed by atoms with Crippen LogP contribution in [0.3, 0.4) is 0 Å². The lowest BCUT2D eigenvalue weighted by molar-refractivity contribution is -0.143. The second-order valence-corrected chi connectivity index (χ2v) is 6.52. The molecule has 154 valence electrons. The summed E-state index contributed by atoms with van der Waals surface area (Å²) in [6.45, 7) is -0.191. The highest BCUT2D eigenvalue weighted by Gasteiger charge is 2.30. The minimum atomic E-state index is -4.49. The van der Waals surface area contributed by atoms with Gasteiger partial charge < -0.3 is 19.5 Å². The van der Waals surface area contributed by atoms with Gasteiger partial charge in [-0.15, -0.1) is 0 Å². The predicted molar refractivity (Wildman–Crippen MR) is 95.3 cm³/mol. The molecule has 1 aliphatic heterocycles. The van der Waals surface area contributed by atoms with Crippen molar-refractivity contribution in [3.05, 3.63) is 63.7 Å². The third kappa shape index (κ3) is 5.39. The number of carbonyl (C=O) groups excluding carboxylic acids is 2. The van der Waals surface area contributed by atoms with Crippen LogP contribution in [0.1, 0.15) is 27.0 Å². The van der Waals surface area contributed by atoms with Crippen molar-refractivity contribution in [2.24, 2.45) is 0 Å². The fourth-order valence-corrected chi connectivity index (χ4v) is 2.90. The average molecular weight is 430 g/mol. The van der Waals surface area contributed by atoms with E-state index in [1.54, 1.807) is 12.1 Å². The van der Waals surface area contributed by atoms with E-state index in [0.717, 1.165) is 29.8 Å². The van der Waals surface area contributed by atoms with Crippen molar-refractivity contribution in [3.63, 3.8) is 0 Å². The van der Waals surface area contributed by atoms with Gasteiger partial charge in [-0.2, -0.15) is 13.2 Å². The Hall–Kier alpha value is -2.78. The summed E-state index contributed by atoms with van der Waals surface area (Å²) in [7, 11) is 0. The van der Waals surface area contributed by atoms with Crippen LogP contribution in [-0.4, -0.2) is 25.2 Å². The van der Waals surface area contributed by atoms with Crippen molar-refractivity contribution in [1.29, 1.82) is 0 Å². The highest BCUT2D eigenvalue weighted by atomic mass is 35.5. The topological polar surface area (TPSA) is 73.9 Å². The van der Waals surface area contributed by atoms with Gasteiger partial charge in [0.2, 0.25) is 0 Å². The van der Waals surface area contributed by atoms with Gasteiger partial charge in [0.1, 0.15) is 18.9 Å². The molecule has 0 bridgehead atoms. The maximum atomic E-state index is 12.5. The fraction of sp³-hybridized carbons (Fsp3) is 0.263. The van der Waals surface area contributed by atoms with Crippen LogP contribution in [0.2, 0.25) is 5.02 Å². The first-order valence-corrected chi connectivity index (χ1v) is 8.75. The molecule has 0 aliphatic carbocycles. The molecule has 3 rings (SSSR count). The number of carbonyl (C=O) groups is 2. The number of fused-ring (bicyclic) bond motifs is 1. The number of esters is 1. The van der Waals surface area contributed by atoms with Gasteiger partial charge >= 0.3 is 12.1 Å². The molecule has 29 heavy (non-hydrogen) atoms. The molecule has 1 N–H and O–H groups in total. The molecule has 10 heteroatoms. The molecule has 0 spiro atoms. The van der Waals surface area contributed by atoms with Crippen molar-refractivity contribution < 1.29 is 37.0 Å². The molecule has 2 aromatic rings. The van der Waals surface area contributed by atoms with E-state index in [9.17, 15) is 22.8 Å². The molecular formula is C19H15ClF3NO5. The number of ether oxygens (including phenoxy) is 3. The average Bonchev–Trinajstić information content (AvgIpc) is 2.69. The fourth-order valence-electron chi connectivity index (χ4n) is 2.64. The van der Waals surface area contributed by atoms with E-state index >= 15 is 0 Å². The van der Waals surface area contributed by atoms with Gasteiger partial charge in [-0.05, 0) is 36.4 Å². The first kappa shape index (κ1) is 20.9. The number of hydrogen-bond donors (Lipinski definition) is 1. The van der Waals surface area contributed by atoms with E-state index < -0.39 is 30.2 Å². The van der Waals surface area contributed by atoms with Gasteiger partial charge in [0.25, 0.3) is 5.91 Å². The molecule has 0 radical (unpaired) electrons. The number of hydrogen-bond acceptors (Lipinski definition) is 5. The first-order valence-electron chi connectivity index (χ1n) is 8.37. The van der Waals surface area contributed by atoms with Gasteiger partial charge in [-0.1, -0.05) is 11.6 Å². The molecule has 0 saturated heterocycles. The Morgan fingerprint density at radius 2 is 1.90 bits per heavy atom. The lowest BCUT2D eigenvalue weighted by Gasteiger charge is -2.21. The van der Waals surface area contributed by atoms with E-state index in [0.29, 0.717) is 22.9 Å². The van der Waals surface area contributed by atoms with E-state index in [1.165, 1.54) is 0 Å². The highest BCUT2D eigenvalue weighted by molar-refractivity contribution is 6.30. The van der Waals surface area contributed by atoms with Crippen molar-refractivity contribution in [2.45, 2.75) is 19.4 Å². The molecule has 0 fully saturated rings. The molecule has 0 atom stereocenters. The van der Waals surface area contributed by atoms with Crippen molar-refractivity contribution in [3.8, 4) is 5.75 Å². The minimum Gasteiger partial charge on any atom is -0.467 e. The second kappa shape index (κ2) is 8.71. The van der Waals surface area contributed by atoms with Crippen LogP contribution < -0.4 is 10.1 Å². The van der Waals surface area contributed by atoms with Crippen LogP contribution in [0, 0.1) is 0 Å². The lowest BCUT2D eigenvalue weighted by Crippen LogP contribution is -2.30. The molecule has 2 aromatic carbocycles. The van der Waals surface area contributed by atoms with Crippen LogP contribution in [0.4, 0.5) is 13.2 Å². The first-order chi connectivity index (χ1) is 13.7. The number of benzene rings is 2. The van der Waals surface area contributed by atoms with Crippen molar-refractivity contribution >= 4 is 23.5 Å². The van der Waals surface area contributed by atoms with Crippen LogP contribution in [0.5, 0.6) is 5.75 Å². The summed E-state index contributed by atoms with van der Waals surface area (Å²) in [5.74, 6) is -0.899. The zero-order valence-corrected chi connectivity index (χ0v) is 15.6. The Morgan fingerprint density at radius 1 is 1.17 bits per heavy atom. The Balaban J connectivity index is 1.53. The normalized spacial score (nSPS) is 13.2. The maximum Gasteiger partial charge on any atom is 0.416 e. The largest absolute Gasteiger partial charge is 0.467 e. The van der Waals surface area contributed by atoms with E-state index in [1.807, 2.05) is 0 Å². The summed E-state index contributed by atoms with van der Waals surface area (Å²) in [4.78, 5) is 23.9. The van der Waals surface area contributed by atoms with Gasteiger partial charge in [-0.3, -0.25) is 9.59 Å². The van der Waals surface area contributed by atoms with Crippen molar-refractivity contribution in [1.82, 2.24) is 5.32 Å². The Kier molecular flexibility index (Phi) is 6.29. The van der Waals surface area contributed by atoms with E-state index in [2.05, 4.69) is 5.32 Å². The summed E-state index contributed by atoms with van der Waals surface area (Å²) in [6, 6.07) is 6.92. The molecule has 0 aromatic heterocycles. The third-order valence-corrected chi connectivity index (χ3v) is 4.23. The molecule has 1 amide bonds. The SMILES string of the molecule is O=C(CNC(=O)c1ccc(C(F)(F)F)cc1)OCc1cc(Cl)cc2c1OCOC2. The second-order valence-electron chi connectivity index (χ2n) is 6.08. The lowest BCUT2D eigenvalue weighted by atomic mass is 10.1. The highest BCUT2D eigenvalue weighted by Crippen LogP contribution is 2.32.